The quantitative estimate of drug-likeness (QED) is 0.368. The lowest BCUT2D eigenvalue weighted by molar-refractivity contribution is -0.143. The third-order valence-electron chi connectivity index (χ3n) is 6.51. The van der Waals surface area contributed by atoms with E-state index in [-0.39, 0.29) is 19.5 Å². The van der Waals surface area contributed by atoms with Crippen LogP contribution in [-0.4, -0.2) is 64.5 Å². The number of aromatic nitrogens is 1. The van der Waals surface area contributed by atoms with Crippen molar-refractivity contribution >= 4 is 37.8 Å². The molecule has 2 radical (unpaired) electrons. The van der Waals surface area contributed by atoms with Crippen LogP contribution in [-0.2, 0) is 11.4 Å². The van der Waals surface area contributed by atoms with Gasteiger partial charge in [-0.1, -0.05) is 29.2 Å². The Kier molecular flexibility index (Phi) is 6.01. The van der Waals surface area contributed by atoms with Gasteiger partial charge < -0.3 is 25.0 Å². The first-order valence-corrected chi connectivity index (χ1v) is 11.0. The molecule has 2 atom stereocenters. The Balaban J connectivity index is 1.80. The van der Waals surface area contributed by atoms with Gasteiger partial charge in [0.1, 0.15) is 18.3 Å². The van der Waals surface area contributed by atoms with Crippen LogP contribution in [0.4, 0.5) is 8.78 Å². The molecule has 34 heavy (non-hydrogen) atoms. The predicted octanol–water partition coefficient (Wildman–Crippen LogP) is 0.415. The molecule has 1 aromatic carbocycles. The van der Waals surface area contributed by atoms with E-state index < -0.39 is 64.1 Å². The van der Waals surface area contributed by atoms with Gasteiger partial charge >= 0.3 is 0 Å². The zero-order valence-electron chi connectivity index (χ0n) is 18.2. The number of aryl methyl sites for hydroxylation is 1. The second kappa shape index (κ2) is 8.42. The lowest BCUT2D eigenvalue weighted by Gasteiger charge is -2.48. The van der Waals surface area contributed by atoms with Crippen LogP contribution in [0.3, 0.4) is 0 Å². The average molecular weight is 489 g/mol. The number of fused-ring (bicyclic) bond motifs is 4. The number of nitrogens with one attached hydrogen (secondary N) is 1. The van der Waals surface area contributed by atoms with Crippen LogP contribution in [0.15, 0.2) is 29.2 Å². The number of amides is 2. The smallest absolute Gasteiger partial charge is 0.274 e. The number of carbonyl (C=O) groups is 2. The Hall–Kier alpha value is -2.86. The largest absolute Gasteiger partial charge is 0.503 e. The molecule has 2 bridgehead atoms. The van der Waals surface area contributed by atoms with E-state index in [1.165, 1.54) is 0 Å². The lowest BCUT2D eigenvalue weighted by Crippen LogP contribution is -2.64. The summed E-state index contributed by atoms with van der Waals surface area (Å²) >= 11 is 4.38. The van der Waals surface area contributed by atoms with Crippen LogP contribution in [0.1, 0.15) is 44.8 Å². The third-order valence-corrected chi connectivity index (χ3v) is 7.25. The summed E-state index contributed by atoms with van der Waals surface area (Å²) in [6.07, 6.45) is -2.70. The van der Waals surface area contributed by atoms with Crippen molar-refractivity contribution in [3.63, 3.8) is 0 Å². The molecule has 2 amide bonds. The maximum absolute atomic E-state index is 14.1. The van der Waals surface area contributed by atoms with E-state index in [2.05, 4.69) is 17.9 Å². The Morgan fingerprint density at radius 3 is 2.71 bits per heavy atom. The van der Waals surface area contributed by atoms with Gasteiger partial charge in [0.25, 0.3) is 18.2 Å². The predicted molar refractivity (Wildman–Crippen MR) is 123 cm³/mol. The van der Waals surface area contributed by atoms with Crippen LogP contribution in [0.25, 0.3) is 0 Å². The lowest BCUT2D eigenvalue weighted by atomic mass is 9.87. The van der Waals surface area contributed by atoms with Crippen molar-refractivity contribution in [1.82, 2.24) is 14.8 Å². The van der Waals surface area contributed by atoms with Gasteiger partial charge in [0.2, 0.25) is 5.43 Å². The number of thiol groups is 1. The van der Waals surface area contributed by atoms with E-state index in [1.807, 2.05) is 6.92 Å². The van der Waals surface area contributed by atoms with Crippen LogP contribution >= 0.6 is 12.6 Å². The van der Waals surface area contributed by atoms with Gasteiger partial charge in [0.05, 0.1) is 6.54 Å². The molecule has 1 aromatic heterocycles. The van der Waals surface area contributed by atoms with E-state index in [4.69, 9.17) is 7.85 Å². The van der Waals surface area contributed by atoms with Crippen molar-refractivity contribution in [2.24, 2.45) is 0 Å². The third kappa shape index (κ3) is 3.59. The number of pyridine rings is 1. The molecule has 0 aliphatic carbocycles. The number of hydrogen-bond donors (Lipinski definition) is 4. The van der Waals surface area contributed by atoms with E-state index >= 15 is 0 Å². The number of carbonyl (C=O) groups excluding carboxylic acids is 2. The Labute approximate surface area is 200 Å². The fourth-order valence-electron chi connectivity index (χ4n) is 4.52. The Bertz CT molecular complexity index is 1260. The van der Waals surface area contributed by atoms with Crippen LogP contribution in [0, 0.1) is 6.92 Å². The molecule has 4 rings (SSSR count). The molecule has 2 aliphatic rings. The maximum atomic E-state index is 14.1. The molecule has 2 unspecified atom stereocenters. The number of aliphatic hydroxyl groups is 1. The van der Waals surface area contributed by atoms with Gasteiger partial charge in [-0.15, -0.1) is 12.6 Å². The fraction of sp³-hybridized carbons (Fsp3) is 0.409. The number of halogens is 2. The number of benzene rings is 1. The van der Waals surface area contributed by atoms with Crippen molar-refractivity contribution in [3.05, 3.63) is 57.0 Å². The van der Waals surface area contributed by atoms with Gasteiger partial charge in [0.15, 0.2) is 17.0 Å². The zero-order chi connectivity index (χ0) is 25.0. The minimum Gasteiger partial charge on any atom is -0.503 e. The van der Waals surface area contributed by atoms with Crippen LogP contribution in [0.2, 0.25) is 0 Å². The van der Waals surface area contributed by atoms with Crippen molar-refractivity contribution < 1.29 is 28.6 Å². The van der Waals surface area contributed by atoms with Crippen molar-refractivity contribution in [2.45, 2.75) is 43.2 Å². The van der Waals surface area contributed by atoms with Crippen molar-refractivity contribution in [2.75, 3.05) is 13.1 Å². The number of hydrogen-bond acceptors (Lipinski definition) is 6. The van der Waals surface area contributed by atoms with Gasteiger partial charge in [-0.2, -0.15) is 0 Å². The number of alkyl halides is 2. The highest BCUT2D eigenvalue weighted by atomic mass is 32.1. The summed E-state index contributed by atoms with van der Waals surface area (Å²) in [6.45, 7) is 1.42. The van der Waals surface area contributed by atoms with E-state index in [0.29, 0.717) is 11.0 Å². The average Bonchev–Trinajstić information content (AvgIpc) is 2.89. The second-order valence-corrected chi connectivity index (χ2v) is 9.44. The minimum absolute atomic E-state index is 0.0318. The normalized spacial score (nSPS) is 24.1. The van der Waals surface area contributed by atoms with Crippen molar-refractivity contribution in [3.8, 4) is 5.75 Å². The first-order valence-electron chi connectivity index (χ1n) is 10.5. The van der Waals surface area contributed by atoms with Gasteiger partial charge in [-0.3, -0.25) is 14.4 Å². The molecule has 1 fully saturated rings. The molecule has 3 heterocycles. The molecule has 8 nitrogen and oxygen atoms in total. The minimum atomic E-state index is -3.26. The molecule has 1 saturated heterocycles. The van der Waals surface area contributed by atoms with E-state index in [9.17, 15) is 33.4 Å². The number of aromatic hydroxyl groups is 1. The van der Waals surface area contributed by atoms with Gasteiger partial charge in [-0.25, -0.2) is 8.78 Å². The summed E-state index contributed by atoms with van der Waals surface area (Å²) < 4.78 is 29.0. The molecule has 12 heteroatoms. The molecule has 178 valence electrons. The molecular formula is C22H22BF2N3O5S. The van der Waals surface area contributed by atoms with E-state index in [1.54, 1.807) is 18.2 Å². The first-order chi connectivity index (χ1) is 15.9. The SMILES string of the molecule is [B]c1cc(C)ccc1CNC(=O)c1cn2c(c(O)c1=O)C(=O)N1CCCC(O)(C(F)F)C2(S)C1. The Morgan fingerprint density at radius 1 is 1.35 bits per heavy atom. The molecule has 3 N–H and O–H groups in total. The molecule has 2 aromatic rings. The van der Waals surface area contributed by atoms with E-state index in [0.717, 1.165) is 21.2 Å². The highest BCUT2D eigenvalue weighted by Gasteiger charge is 2.61. The molecule has 0 saturated carbocycles. The summed E-state index contributed by atoms with van der Waals surface area (Å²) in [5.41, 5.74) is -3.14. The standard InChI is InChI=1S/C22H22BF2N3O5S/c1-11-3-4-12(14(23)7-11)8-26-18(31)13-9-28-15(17(30)16(13)29)19(32)27-6-2-5-21(33,20(24)25)22(28,34)10-27/h3-4,7,9,20,30,33-34H,2,5-6,8,10H2,1H3,(H,26,31). The first kappa shape index (κ1) is 24.3. The van der Waals surface area contributed by atoms with Crippen molar-refractivity contribution in [1.29, 1.82) is 0 Å². The summed E-state index contributed by atoms with van der Waals surface area (Å²) in [5.74, 6) is -2.78. The number of rotatable bonds is 4. The second-order valence-electron chi connectivity index (χ2n) is 8.70. The summed E-state index contributed by atoms with van der Waals surface area (Å²) in [4.78, 5) is 37.6. The molecule has 2 aliphatic heterocycles. The summed E-state index contributed by atoms with van der Waals surface area (Å²) in [7, 11) is 5.94. The Morgan fingerprint density at radius 2 is 2.06 bits per heavy atom. The topological polar surface area (TPSA) is 112 Å². The van der Waals surface area contributed by atoms with Gasteiger partial charge in [-0.05, 0) is 25.3 Å². The van der Waals surface area contributed by atoms with Crippen LogP contribution in [0.5, 0.6) is 5.75 Å². The zero-order valence-corrected chi connectivity index (χ0v) is 19.1. The summed E-state index contributed by atoms with van der Waals surface area (Å²) in [6, 6.07) is 5.20. The highest BCUT2D eigenvalue weighted by molar-refractivity contribution is 7.81. The highest BCUT2D eigenvalue weighted by Crippen LogP contribution is 2.48. The summed E-state index contributed by atoms with van der Waals surface area (Å²) in [5, 5.41) is 24.1. The monoisotopic (exact) mass is 489 g/mol. The molecular weight excluding hydrogens is 467 g/mol. The van der Waals surface area contributed by atoms with Gasteiger partial charge in [0, 0.05) is 19.3 Å². The molecule has 0 spiro atoms. The van der Waals surface area contributed by atoms with Crippen LogP contribution < -0.4 is 16.2 Å². The maximum Gasteiger partial charge on any atom is 0.274 e. The number of nitrogens with zero attached hydrogens (tertiary/aromatic N) is 2. The fourth-order valence-corrected chi connectivity index (χ4v) is 5.06.